The summed E-state index contributed by atoms with van der Waals surface area (Å²) in [7, 11) is 1.69. The average Bonchev–Trinajstić information content (AvgIpc) is 2.78. The van der Waals surface area contributed by atoms with E-state index in [1.807, 2.05) is 30.5 Å². The fourth-order valence-corrected chi connectivity index (χ4v) is 5.37. The van der Waals surface area contributed by atoms with Crippen LogP contribution in [-0.2, 0) is 16.1 Å². The summed E-state index contributed by atoms with van der Waals surface area (Å²) in [6.45, 7) is 1.98. The molecular weight excluding hydrogens is 398 g/mol. The van der Waals surface area contributed by atoms with Crippen LogP contribution < -0.4 is 5.32 Å². The van der Waals surface area contributed by atoms with E-state index >= 15 is 0 Å². The van der Waals surface area contributed by atoms with Crippen molar-refractivity contribution in [1.29, 1.82) is 0 Å². The lowest BCUT2D eigenvalue weighted by molar-refractivity contribution is -0.143. The lowest BCUT2D eigenvalue weighted by Gasteiger charge is -2.51. The minimum atomic E-state index is 0.195. The van der Waals surface area contributed by atoms with Crippen molar-refractivity contribution in [2.45, 2.75) is 50.2 Å². The van der Waals surface area contributed by atoms with Gasteiger partial charge in [-0.15, -0.1) is 0 Å². The first-order chi connectivity index (χ1) is 14.7. The van der Waals surface area contributed by atoms with Gasteiger partial charge in [0.05, 0.1) is 12.3 Å². The Balaban J connectivity index is 1.60. The Bertz CT molecular complexity index is 830. The molecule has 1 amide bonds. The number of ether oxygens (including phenoxy) is 1. The highest BCUT2D eigenvalue weighted by Crippen LogP contribution is 2.44. The van der Waals surface area contributed by atoms with Gasteiger partial charge in [-0.1, -0.05) is 29.8 Å². The van der Waals surface area contributed by atoms with Crippen molar-refractivity contribution in [1.82, 2.24) is 15.2 Å². The molecule has 4 rings (SSSR count). The quantitative estimate of drug-likeness (QED) is 0.725. The van der Waals surface area contributed by atoms with Crippen LogP contribution in [0.15, 0.2) is 48.7 Å². The summed E-state index contributed by atoms with van der Waals surface area (Å²) in [5.41, 5.74) is 2.26. The number of nitrogens with zero attached hydrogens (tertiary/aromatic N) is 2. The number of methoxy groups -OCH3 is 1. The normalized spacial score (nSPS) is 26.5. The maximum Gasteiger partial charge on any atom is 0.223 e. The molecule has 2 aromatic rings. The third-order valence-corrected chi connectivity index (χ3v) is 6.86. The van der Waals surface area contributed by atoms with Crippen LogP contribution >= 0.6 is 11.6 Å². The van der Waals surface area contributed by atoms with Gasteiger partial charge in [0.1, 0.15) is 0 Å². The molecule has 0 unspecified atom stereocenters. The molecule has 2 aliphatic rings. The fraction of sp³-hybridized carbons (Fsp3) is 0.500. The highest BCUT2D eigenvalue weighted by Gasteiger charge is 2.47. The van der Waals surface area contributed by atoms with Crippen molar-refractivity contribution < 1.29 is 9.53 Å². The largest absolute Gasteiger partial charge is 0.383 e. The molecule has 0 bridgehead atoms. The van der Waals surface area contributed by atoms with Crippen molar-refractivity contribution in [3.8, 4) is 0 Å². The van der Waals surface area contributed by atoms with E-state index in [0.717, 1.165) is 36.5 Å². The standard InChI is InChI=1S/C24H30ClN3O2/c1-30-14-13-28-22-7-4-6-21(27-16-19-5-2-3-12-26-19)24(22)20(15-23(28)29)17-8-10-18(25)11-9-17/h2-3,5,8-12,20-22,24,27H,4,6-7,13-16H2,1H3/t20-,21+,22-,24+/m1/s1. The number of benzene rings is 1. The Morgan fingerprint density at radius 1 is 1.20 bits per heavy atom. The number of carbonyl (C=O) groups excluding carboxylic acids is 1. The van der Waals surface area contributed by atoms with E-state index in [9.17, 15) is 4.79 Å². The summed E-state index contributed by atoms with van der Waals surface area (Å²) in [5, 5.41) is 4.51. The molecule has 1 aliphatic carbocycles. The molecule has 1 saturated heterocycles. The lowest BCUT2D eigenvalue weighted by Crippen LogP contribution is -2.59. The summed E-state index contributed by atoms with van der Waals surface area (Å²) in [6, 6.07) is 14.6. The van der Waals surface area contributed by atoms with Gasteiger partial charge in [-0.3, -0.25) is 9.78 Å². The average molecular weight is 428 g/mol. The number of fused-ring (bicyclic) bond motifs is 1. The molecule has 160 valence electrons. The Labute approximate surface area is 183 Å². The van der Waals surface area contributed by atoms with E-state index in [1.165, 1.54) is 5.56 Å². The summed E-state index contributed by atoms with van der Waals surface area (Å²) in [5.74, 6) is 0.789. The smallest absolute Gasteiger partial charge is 0.223 e. The van der Waals surface area contributed by atoms with Gasteiger partial charge in [-0.05, 0) is 55.0 Å². The number of carbonyl (C=O) groups is 1. The zero-order chi connectivity index (χ0) is 20.9. The number of amides is 1. The Morgan fingerprint density at radius 3 is 2.77 bits per heavy atom. The Hall–Kier alpha value is -1.95. The van der Waals surface area contributed by atoms with Gasteiger partial charge in [0.25, 0.3) is 0 Å². The van der Waals surface area contributed by atoms with E-state index in [2.05, 4.69) is 33.4 Å². The van der Waals surface area contributed by atoms with Crippen molar-refractivity contribution in [3.05, 3.63) is 64.9 Å². The molecule has 0 radical (unpaired) electrons. The molecule has 2 heterocycles. The van der Waals surface area contributed by atoms with Crippen molar-refractivity contribution >= 4 is 17.5 Å². The number of rotatable bonds is 7. The predicted molar refractivity (Wildman–Crippen MR) is 118 cm³/mol. The lowest BCUT2D eigenvalue weighted by atomic mass is 9.66. The van der Waals surface area contributed by atoms with E-state index in [4.69, 9.17) is 16.3 Å². The molecule has 5 nitrogen and oxygen atoms in total. The molecule has 1 aliphatic heterocycles. The van der Waals surface area contributed by atoms with Crippen LogP contribution in [0, 0.1) is 5.92 Å². The van der Waals surface area contributed by atoms with Gasteiger partial charge in [0.15, 0.2) is 0 Å². The summed E-state index contributed by atoms with van der Waals surface area (Å²) < 4.78 is 5.30. The van der Waals surface area contributed by atoms with Crippen LogP contribution in [0.25, 0.3) is 0 Å². The second-order valence-corrected chi connectivity index (χ2v) is 8.76. The van der Waals surface area contributed by atoms with Crippen molar-refractivity contribution in [2.75, 3.05) is 20.3 Å². The number of piperidine rings is 1. The third kappa shape index (κ3) is 4.69. The van der Waals surface area contributed by atoms with Crippen LogP contribution in [0.2, 0.25) is 5.02 Å². The maximum atomic E-state index is 13.1. The van der Waals surface area contributed by atoms with E-state index in [-0.39, 0.29) is 17.9 Å². The first-order valence-corrected chi connectivity index (χ1v) is 11.2. The maximum absolute atomic E-state index is 13.1. The summed E-state index contributed by atoms with van der Waals surface area (Å²) >= 11 is 6.13. The van der Waals surface area contributed by atoms with E-state index in [1.54, 1.807) is 7.11 Å². The zero-order valence-corrected chi connectivity index (χ0v) is 18.2. The number of hydrogen-bond donors (Lipinski definition) is 1. The second-order valence-electron chi connectivity index (χ2n) is 8.33. The fourth-order valence-electron chi connectivity index (χ4n) is 5.25. The predicted octanol–water partition coefficient (Wildman–Crippen LogP) is 4.02. The van der Waals surface area contributed by atoms with Gasteiger partial charge in [0.2, 0.25) is 5.91 Å². The number of hydrogen-bond acceptors (Lipinski definition) is 4. The first-order valence-electron chi connectivity index (χ1n) is 10.8. The topological polar surface area (TPSA) is 54.5 Å². The second kappa shape index (κ2) is 9.90. The van der Waals surface area contributed by atoms with Crippen LogP contribution in [0.5, 0.6) is 0 Å². The molecule has 1 N–H and O–H groups in total. The minimum Gasteiger partial charge on any atom is -0.383 e. The molecule has 1 aromatic carbocycles. The van der Waals surface area contributed by atoms with E-state index in [0.29, 0.717) is 31.5 Å². The SMILES string of the molecule is COCCN1C(=O)C[C@H](c2ccc(Cl)cc2)[C@H]2[C@@H](NCc3ccccn3)CCC[C@H]21. The summed E-state index contributed by atoms with van der Waals surface area (Å²) in [6.07, 6.45) is 5.65. The Kier molecular flexibility index (Phi) is 7.03. The Morgan fingerprint density at radius 2 is 2.03 bits per heavy atom. The third-order valence-electron chi connectivity index (χ3n) is 6.61. The van der Waals surface area contributed by atoms with Gasteiger partial charge in [0, 0.05) is 55.8 Å². The molecule has 30 heavy (non-hydrogen) atoms. The van der Waals surface area contributed by atoms with Gasteiger partial charge >= 0.3 is 0 Å². The molecular formula is C24H30ClN3O2. The van der Waals surface area contributed by atoms with Crippen molar-refractivity contribution in [2.24, 2.45) is 5.92 Å². The number of likely N-dealkylation sites (tertiary alicyclic amines) is 1. The van der Waals surface area contributed by atoms with Crippen LogP contribution in [0.1, 0.15) is 42.9 Å². The monoisotopic (exact) mass is 427 g/mol. The van der Waals surface area contributed by atoms with Crippen LogP contribution in [0.4, 0.5) is 0 Å². The highest BCUT2D eigenvalue weighted by atomic mass is 35.5. The zero-order valence-electron chi connectivity index (χ0n) is 17.5. The van der Waals surface area contributed by atoms with E-state index < -0.39 is 0 Å². The molecule has 2 fully saturated rings. The molecule has 1 aromatic heterocycles. The van der Waals surface area contributed by atoms with Crippen LogP contribution in [-0.4, -0.2) is 48.1 Å². The summed E-state index contributed by atoms with van der Waals surface area (Å²) in [4.78, 5) is 19.6. The molecule has 4 atom stereocenters. The first kappa shape index (κ1) is 21.3. The van der Waals surface area contributed by atoms with Gasteiger partial charge in [-0.25, -0.2) is 0 Å². The number of nitrogens with one attached hydrogen (secondary N) is 1. The molecule has 0 spiro atoms. The number of aromatic nitrogens is 1. The number of halogens is 1. The van der Waals surface area contributed by atoms with Crippen molar-refractivity contribution in [3.63, 3.8) is 0 Å². The number of pyridine rings is 1. The minimum absolute atomic E-state index is 0.195. The van der Waals surface area contributed by atoms with Gasteiger partial charge < -0.3 is 15.0 Å². The van der Waals surface area contributed by atoms with Crippen LogP contribution in [0.3, 0.4) is 0 Å². The molecule has 1 saturated carbocycles. The molecule has 6 heteroatoms. The highest BCUT2D eigenvalue weighted by molar-refractivity contribution is 6.30. The van der Waals surface area contributed by atoms with Gasteiger partial charge in [-0.2, -0.15) is 0 Å².